The number of benzene rings is 1. The third-order valence-electron chi connectivity index (χ3n) is 3.26. The zero-order valence-electron chi connectivity index (χ0n) is 11.8. The van der Waals surface area contributed by atoms with E-state index in [4.69, 9.17) is 0 Å². The highest BCUT2D eigenvalue weighted by atomic mass is 16.5. The number of methoxy groups -OCH3 is 1. The van der Waals surface area contributed by atoms with Crippen LogP contribution in [0.3, 0.4) is 0 Å². The molecule has 0 aliphatic rings. The summed E-state index contributed by atoms with van der Waals surface area (Å²) < 4.78 is 4.49. The van der Waals surface area contributed by atoms with Gasteiger partial charge in [0.1, 0.15) is 11.0 Å². The highest BCUT2D eigenvalue weighted by Gasteiger charge is 2.12. The average molecular weight is 298 g/mol. The Kier molecular flexibility index (Phi) is 3.61. The number of amides is 1. The van der Waals surface area contributed by atoms with Gasteiger partial charge in [-0.05, 0) is 5.56 Å². The molecule has 3 N–H and O–H groups in total. The van der Waals surface area contributed by atoms with Crippen molar-refractivity contribution >= 4 is 23.1 Å². The summed E-state index contributed by atoms with van der Waals surface area (Å²) in [5, 5.41) is 2.36. The van der Waals surface area contributed by atoms with Gasteiger partial charge in [-0.25, -0.2) is 9.78 Å². The van der Waals surface area contributed by atoms with Crippen molar-refractivity contribution in [2.45, 2.75) is 6.42 Å². The van der Waals surface area contributed by atoms with Crippen LogP contribution in [0.4, 0.5) is 10.7 Å². The molecular formula is C15H14N4O3. The lowest BCUT2D eigenvalue weighted by Gasteiger charge is -2.03. The molecule has 0 aliphatic heterocycles. The Morgan fingerprint density at radius 3 is 2.82 bits per heavy atom. The number of hydrogen-bond acceptors (Lipinski definition) is 4. The van der Waals surface area contributed by atoms with Crippen molar-refractivity contribution in [2.75, 3.05) is 12.4 Å². The van der Waals surface area contributed by atoms with Crippen LogP contribution in [0.15, 0.2) is 41.3 Å². The molecule has 0 saturated heterocycles. The Morgan fingerprint density at radius 2 is 2.09 bits per heavy atom. The summed E-state index contributed by atoms with van der Waals surface area (Å²) in [5.41, 5.74) is 2.53. The summed E-state index contributed by atoms with van der Waals surface area (Å²) in [4.78, 5) is 32.9. The van der Waals surface area contributed by atoms with Gasteiger partial charge in [0.2, 0.25) is 5.95 Å². The molecule has 1 amide bonds. The normalized spacial score (nSPS) is 10.6. The smallest absolute Gasteiger partial charge is 0.413 e. The Morgan fingerprint density at radius 1 is 1.32 bits per heavy atom. The van der Waals surface area contributed by atoms with Crippen LogP contribution >= 0.6 is 0 Å². The van der Waals surface area contributed by atoms with Gasteiger partial charge in [-0.15, -0.1) is 0 Å². The highest BCUT2D eigenvalue weighted by molar-refractivity contribution is 5.85. The quantitative estimate of drug-likeness (QED) is 0.688. The van der Waals surface area contributed by atoms with Gasteiger partial charge in [-0.1, -0.05) is 30.3 Å². The first-order valence-electron chi connectivity index (χ1n) is 6.66. The number of carbonyl (C=O) groups excluding carboxylic acids is 1. The molecule has 0 radical (unpaired) electrons. The SMILES string of the molecule is COC(=O)Nc1nc2c(Cc3ccccc3)c[nH]c2c(=O)[nH]1. The minimum atomic E-state index is -0.692. The van der Waals surface area contributed by atoms with Gasteiger partial charge < -0.3 is 9.72 Å². The Labute approximate surface area is 125 Å². The predicted molar refractivity (Wildman–Crippen MR) is 82.0 cm³/mol. The van der Waals surface area contributed by atoms with E-state index in [0.29, 0.717) is 17.5 Å². The molecule has 0 fully saturated rings. The Balaban J connectivity index is 2.01. The minimum absolute atomic E-state index is 0.0539. The first kappa shape index (κ1) is 13.9. The van der Waals surface area contributed by atoms with E-state index in [1.165, 1.54) is 7.11 Å². The molecule has 0 aliphatic carbocycles. The molecule has 3 rings (SSSR count). The second kappa shape index (κ2) is 5.72. The van der Waals surface area contributed by atoms with E-state index in [1.54, 1.807) is 6.20 Å². The maximum absolute atomic E-state index is 12.0. The van der Waals surface area contributed by atoms with Crippen molar-refractivity contribution < 1.29 is 9.53 Å². The molecule has 3 aromatic rings. The maximum Gasteiger partial charge on any atom is 0.413 e. The van der Waals surface area contributed by atoms with Crippen LogP contribution in [-0.2, 0) is 11.2 Å². The van der Waals surface area contributed by atoms with Crippen LogP contribution < -0.4 is 10.9 Å². The lowest BCUT2D eigenvalue weighted by molar-refractivity contribution is 0.186. The van der Waals surface area contributed by atoms with Gasteiger partial charge in [-0.2, -0.15) is 0 Å². The molecular weight excluding hydrogens is 284 g/mol. The monoisotopic (exact) mass is 298 g/mol. The third kappa shape index (κ3) is 2.69. The van der Waals surface area contributed by atoms with Gasteiger partial charge >= 0.3 is 6.09 Å². The molecule has 7 nitrogen and oxygen atoms in total. The highest BCUT2D eigenvalue weighted by Crippen LogP contribution is 2.17. The average Bonchev–Trinajstić information content (AvgIpc) is 2.92. The largest absolute Gasteiger partial charge is 0.453 e. The van der Waals surface area contributed by atoms with E-state index in [2.05, 4.69) is 25.0 Å². The van der Waals surface area contributed by atoms with E-state index >= 15 is 0 Å². The van der Waals surface area contributed by atoms with Crippen molar-refractivity contribution in [1.82, 2.24) is 15.0 Å². The van der Waals surface area contributed by atoms with Crippen molar-refractivity contribution in [2.24, 2.45) is 0 Å². The van der Waals surface area contributed by atoms with Crippen LogP contribution in [0, 0.1) is 0 Å². The maximum atomic E-state index is 12.0. The summed E-state index contributed by atoms with van der Waals surface area (Å²) in [6, 6.07) is 9.85. The van der Waals surface area contributed by atoms with Gasteiger partial charge in [-0.3, -0.25) is 15.1 Å². The standard InChI is InChI=1S/C15H14N4O3/c1-22-15(21)19-14-17-11-10(7-9-5-3-2-4-6-9)8-16-12(11)13(20)18-14/h2-6,8,16H,7H2,1H3,(H2,17,18,19,20,21). The number of ether oxygens (including phenoxy) is 1. The first-order chi connectivity index (χ1) is 10.7. The second-order valence-corrected chi connectivity index (χ2v) is 4.73. The van der Waals surface area contributed by atoms with E-state index < -0.39 is 6.09 Å². The number of H-pyrrole nitrogens is 2. The molecule has 2 heterocycles. The zero-order valence-corrected chi connectivity index (χ0v) is 11.8. The van der Waals surface area contributed by atoms with Crippen molar-refractivity contribution in [3.05, 3.63) is 58.0 Å². The van der Waals surface area contributed by atoms with Gasteiger partial charge in [0.05, 0.1) is 7.11 Å². The summed E-state index contributed by atoms with van der Waals surface area (Å²) in [6.45, 7) is 0. The topological polar surface area (TPSA) is 99.9 Å². The molecule has 112 valence electrons. The minimum Gasteiger partial charge on any atom is -0.453 e. The molecule has 7 heteroatoms. The van der Waals surface area contributed by atoms with E-state index in [-0.39, 0.29) is 11.5 Å². The number of nitrogens with one attached hydrogen (secondary N) is 3. The molecule has 0 unspecified atom stereocenters. The number of fused-ring (bicyclic) bond motifs is 1. The fourth-order valence-electron chi connectivity index (χ4n) is 2.22. The van der Waals surface area contributed by atoms with Crippen LogP contribution in [0.2, 0.25) is 0 Å². The summed E-state index contributed by atoms with van der Waals surface area (Å²) in [5.74, 6) is 0.0539. The number of anilines is 1. The molecule has 22 heavy (non-hydrogen) atoms. The first-order valence-corrected chi connectivity index (χ1v) is 6.66. The van der Waals surface area contributed by atoms with Crippen LogP contribution in [0.1, 0.15) is 11.1 Å². The summed E-state index contributed by atoms with van der Waals surface area (Å²) >= 11 is 0. The van der Waals surface area contributed by atoms with Crippen LogP contribution in [0.25, 0.3) is 11.0 Å². The molecule has 0 saturated carbocycles. The zero-order chi connectivity index (χ0) is 15.5. The van der Waals surface area contributed by atoms with Gasteiger partial charge in [0.15, 0.2) is 0 Å². The van der Waals surface area contributed by atoms with Gasteiger partial charge in [0.25, 0.3) is 5.56 Å². The van der Waals surface area contributed by atoms with Crippen molar-refractivity contribution in [1.29, 1.82) is 0 Å². The number of hydrogen-bond donors (Lipinski definition) is 3. The summed E-state index contributed by atoms with van der Waals surface area (Å²) in [6.07, 6.45) is 1.69. The fourth-order valence-corrected chi connectivity index (χ4v) is 2.22. The number of nitrogens with zero attached hydrogens (tertiary/aromatic N) is 1. The van der Waals surface area contributed by atoms with Crippen molar-refractivity contribution in [3.63, 3.8) is 0 Å². The second-order valence-electron chi connectivity index (χ2n) is 4.73. The molecule has 2 aromatic heterocycles. The Hall–Kier alpha value is -3.09. The fraction of sp³-hybridized carbons (Fsp3) is 0.133. The van der Waals surface area contributed by atoms with Crippen molar-refractivity contribution in [3.8, 4) is 0 Å². The molecule has 0 atom stereocenters. The lowest BCUT2D eigenvalue weighted by Crippen LogP contribution is -2.18. The molecule has 0 bridgehead atoms. The third-order valence-corrected chi connectivity index (χ3v) is 3.26. The molecule has 1 aromatic carbocycles. The number of aromatic nitrogens is 3. The number of carbonyl (C=O) groups is 1. The molecule has 0 spiro atoms. The van der Waals surface area contributed by atoms with E-state index in [0.717, 1.165) is 11.1 Å². The van der Waals surface area contributed by atoms with E-state index in [9.17, 15) is 9.59 Å². The predicted octanol–water partition coefficient (Wildman–Crippen LogP) is 2.02. The number of aromatic amines is 2. The number of rotatable bonds is 3. The summed E-state index contributed by atoms with van der Waals surface area (Å²) in [7, 11) is 1.24. The van der Waals surface area contributed by atoms with Crippen LogP contribution in [0.5, 0.6) is 0 Å². The van der Waals surface area contributed by atoms with Gasteiger partial charge in [0, 0.05) is 18.2 Å². The van der Waals surface area contributed by atoms with Crippen LogP contribution in [-0.4, -0.2) is 28.2 Å². The lowest BCUT2D eigenvalue weighted by atomic mass is 10.1. The van der Waals surface area contributed by atoms with E-state index in [1.807, 2.05) is 30.3 Å². The Bertz CT molecular complexity index is 867.